The fourth-order valence-corrected chi connectivity index (χ4v) is 3.75. The van der Waals surface area contributed by atoms with Gasteiger partial charge in [0.05, 0.1) is 12.2 Å². The van der Waals surface area contributed by atoms with Crippen LogP contribution in [0.4, 0.5) is 5.82 Å². The summed E-state index contributed by atoms with van der Waals surface area (Å²) in [5.41, 5.74) is 3.12. The summed E-state index contributed by atoms with van der Waals surface area (Å²) in [5, 5.41) is 8.81. The van der Waals surface area contributed by atoms with Crippen LogP contribution < -0.4 is 4.90 Å². The molecule has 1 saturated heterocycles. The molecule has 2 amide bonds. The predicted octanol–water partition coefficient (Wildman–Crippen LogP) is 3.39. The zero-order valence-corrected chi connectivity index (χ0v) is 19.8. The molecule has 0 atom stereocenters. The average molecular weight is 438 g/mol. The molecule has 0 saturated carbocycles. The van der Waals surface area contributed by atoms with Crippen LogP contribution in [0.15, 0.2) is 36.4 Å². The van der Waals surface area contributed by atoms with E-state index in [9.17, 15) is 9.59 Å². The van der Waals surface area contributed by atoms with Crippen molar-refractivity contribution < 1.29 is 9.59 Å². The van der Waals surface area contributed by atoms with Gasteiger partial charge in [-0.15, -0.1) is 10.2 Å². The van der Waals surface area contributed by atoms with Crippen molar-refractivity contribution in [2.45, 2.75) is 40.5 Å². The van der Waals surface area contributed by atoms with Gasteiger partial charge in [0.1, 0.15) is 0 Å². The van der Waals surface area contributed by atoms with Crippen molar-refractivity contribution in [2.75, 3.05) is 44.2 Å². The van der Waals surface area contributed by atoms with Gasteiger partial charge in [0.2, 0.25) is 11.8 Å². The predicted molar refractivity (Wildman–Crippen MR) is 127 cm³/mol. The zero-order valence-electron chi connectivity index (χ0n) is 19.8. The third-order valence-corrected chi connectivity index (χ3v) is 5.91. The van der Waals surface area contributed by atoms with Gasteiger partial charge in [0, 0.05) is 44.7 Å². The Bertz CT molecular complexity index is 888. The van der Waals surface area contributed by atoms with Crippen molar-refractivity contribution in [3.05, 3.63) is 42.0 Å². The molecule has 7 heteroatoms. The SMILES string of the molecule is CCC(=O)N(CCC(C)C)CC(=O)N1CCN(c2ccc(-c3ccc(C)cc3)nn2)CC1. The molecule has 1 fully saturated rings. The highest BCUT2D eigenvalue weighted by Gasteiger charge is 2.25. The molecule has 0 unspecified atom stereocenters. The molecular formula is C25H35N5O2. The molecule has 0 N–H and O–H groups in total. The molecule has 2 heterocycles. The monoisotopic (exact) mass is 437 g/mol. The van der Waals surface area contributed by atoms with Crippen LogP contribution in [-0.2, 0) is 9.59 Å². The number of aryl methyl sites for hydroxylation is 1. The minimum Gasteiger partial charge on any atom is -0.352 e. The molecule has 0 spiro atoms. The summed E-state index contributed by atoms with van der Waals surface area (Å²) in [6, 6.07) is 12.2. The topological polar surface area (TPSA) is 69.6 Å². The smallest absolute Gasteiger partial charge is 0.242 e. The van der Waals surface area contributed by atoms with E-state index in [1.54, 1.807) is 4.90 Å². The summed E-state index contributed by atoms with van der Waals surface area (Å²) < 4.78 is 0. The highest BCUT2D eigenvalue weighted by molar-refractivity contribution is 5.85. The van der Waals surface area contributed by atoms with E-state index in [-0.39, 0.29) is 18.4 Å². The van der Waals surface area contributed by atoms with Gasteiger partial charge in [-0.25, -0.2) is 0 Å². The first kappa shape index (κ1) is 23.7. The normalized spacial score (nSPS) is 14.0. The second-order valence-corrected chi connectivity index (χ2v) is 8.86. The minimum absolute atomic E-state index is 0.0241. The molecule has 0 aliphatic carbocycles. The molecule has 32 heavy (non-hydrogen) atoms. The van der Waals surface area contributed by atoms with Crippen LogP contribution in [-0.4, -0.2) is 71.1 Å². The Balaban J connectivity index is 1.54. The fraction of sp³-hybridized carbons (Fsp3) is 0.520. The van der Waals surface area contributed by atoms with Gasteiger partial charge >= 0.3 is 0 Å². The maximum Gasteiger partial charge on any atom is 0.242 e. The molecule has 0 bridgehead atoms. The van der Waals surface area contributed by atoms with Crippen LogP contribution in [0.2, 0.25) is 0 Å². The third kappa shape index (κ3) is 6.28. The van der Waals surface area contributed by atoms with E-state index >= 15 is 0 Å². The Morgan fingerprint density at radius 3 is 2.25 bits per heavy atom. The summed E-state index contributed by atoms with van der Waals surface area (Å²) in [6.45, 7) is 11.6. The van der Waals surface area contributed by atoms with E-state index < -0.39 is 0 Å². The van der Waals surface area contributed by atoms with E-state index in [1.807, 2.05) is 24.0 Å². The highest BCUT2D eigenvalue weighted by Crippen LogP contribution is 2.20. The standard InChI is InChI=1S/C25H35N5O2/c1-5-24(31)30(13-12-19(2)3)18-25(32)29-16-14-28(15-17-29)23-11-10-22(26-27-23)21-8-6-20(4)7-9-21/h6-11,19H,5,12-18H2,1-4H3. The van der Waals surface area contributed by atoms with Crippen molar-refractivity contribution in [3.8, 4) is 11.3 Å². The van der Waals surface area contributed by atoms with Crippen LogP contribution >= 0.6 is 0 Å². The molecule has 1 aliphatic heterocycles. The van der Waals surface area contributed by atoms with Gasteiger partial charge in [-0.05, 0) is 31.4 Å². The molecule has 7 nitrogen and oxygen atoms in total. The number of benzene rings is 1. The minimum atomic E-state index is 0.0241. The molecule has 3 rings (SSSR count). The number of rotatable bonds is 8. The summed E-state index contributed by atoms with van der Waals surface area (Å²) in [6.07, 6.45) is 1.33. The largest absolute Gasteiger partial charge is 0.352 e. The number of carbonyl (C=O) groups is 2. The Morgan fingerprint density at radius 2 is 1.69 bits per heavy atom. The average Bonchev–Trinajstić information content (AvgIpc) is 2.81. The van der Waals surface area contributed by atoms with Gasteiger partial charge < -0.3 is 14.7 Å². The lowest BCUT2D eigenvalue weighted by Crippen LogP contribution is -2.52. The van der Waals surface area contributed by atoms with E-state index in [0.29, 0.717) is 45.1 Å². The number of nitrogens with zero attached hydrogens (tertiary/aromatic N) is 5. The van der Waals surface area contributed by atoms with Gasteiger partial charge in [-0.2, -0.15) is 0 Å². The lowest BCUT2D eigenvalue weighted by Gasteiger charge is -2.36. The van der Waals surface area contributed by atoms with Gasteiger partial charge in [-0.3, -0.25) is 9.59 Å². The second kappa shape index (κ2) is 11.1. The molecular weight excluding hydrogens is 402 g/mol. The summed E-state index contributed by atoms with van der Waals surface area (Å²) >= 11 is 0. The van der Waals surface area contributed by atoms with Gasteiger partial charge in [-0.1, -0.05) is 50.6 Å². The Morgan fingerprint density at radius 1 is 1.00 bits per heavy atom. The van der Waals surface area contributed by atoms with Crippen LogP contribution in [0.25, 0.3) is 11.3 Å². The zero-order chi connectivity index (χ0) is 23.1. The third-order valence-electron chi connectivity index (χ3n) is 5.91. The first-order valence-corrected chi connectivity index (χ1v) is 11.6. The number of anilines is 1. The van der Waals surface area contributed by atoms with Crippen molar-refractivity contribution >= 4 is 17.6 Å². The maximum absolute atomic E-state index is 12.8. The quantitative estimate of drug-likeness (QED) is 0.633. The number of hydrogen-bond donors (Lipinski definition) is 0. The van der Waals surface area contributed by atoms with E-state index in [2.05, 4.69) is 60.1 Å². The number of hydrogen-bond acceptors (Lipinski definition) is 5. The van der Waals surface area contributed by atoms with E-state index in [1.165, 1.54) is 5.56 Å². The second-order valence-electron chi connectivity index (χ2n) is 8.86. The lowest BCUT2D eigenvalue weighted by molar-refractivity contribution is -0.140. The first-order valence-electron chi connectivity index (χ1n) is 11.6. The molecule has 0 radical (unpaired) electrons. The van der Waals surface area contributed by atoms with Crippen LogP contribution in [0, 0.1) is 12.8 Å². The van der Waals surface area contributed by atoms with Gasteiger partial charge in [0.25, 0.3) is 0 Å². The summed E-state index contributed by atoms with van der Waals surface area (Å²) in [5.74, 6) is 1.39. The van der Waals surface area contributed by atoms with Crippen LogP contribution in [0.1, 0.15) is 39.2 Å². The fourth-order valence-electron chi connectivity index (χ4n) is 3.75. The summed E-state index contributed by atoms with van der Waals surface area (Å²) in [7, 11) is 0. The first-order chi connectivity index (χ1) is 15.4. The number of amides is 2. The van der Waals surface area contributed by atoms with Crippen molar-refractivity contribution in [2.24, 2.45) is 5.92 Å². The molecule has 1 aliphatic rings. The van der Waals surface area contributed by atoms with E-state index in [0.717, 1.165) is 23.5 Å². The van der Waals surface area contributed by atoms with Crippen molar-refractivity contribution in [1.82, 2.24) is 20.0 Å². The van der Waals surface area contributed by atoms with Crippen LogP contribution in [0.5, 0.6) is 0 Å². The van der Waals surface area contributed by atoms with Gasteiger partial charge in [0.15, 0.2) is 5.82 Å². The number of aromatic nitrogens is 2. The molecule has 172 valence electrons. The number of piperazine rings is 1. The number of carbonyl (C=O) groups excluding carboxylic acids is 2. The lowest BCUT2D eigenvalue weighted by atomic mass is 10.1. The van der Waals surface area contributed by atoms with Crippen molar-refractivity contribution in [1.29, 1.82) is 0 Å². The molecule has 1 aromatic carbocycles. The Kier molecular flexibility index (Phi) is 8.20. The Hall–Kier alpha value is -2.96. The van der Waals surface area contributed by atoms with Crippen LogP contribution in [0.3, 0.4) is 0 Å². The molecule has 1 aromatic heterocycles. The van der Waals surface area contributed by atoms with Crippen molar-refractivity contribution in [3.63, 3.8) is 0 Å². The molecule has 2 aromatic rings. The van der Waals surface area contributed by atoms with E-state index in [4.69, 9.17) is 0 Å². The highest BCUT2D eigenvalue weighted by atomic mass is 16.2. The summed E-state index contributed by atoms with van der Waals surface area (Å²) in [4.78, 5) is 30.8. The maximum atomic E-state index is 12.8. The Labute approximate surface area is 191 Å².